The highest BCUT2D eigenvalue weighted by Gasteiger charge is 2.42. The average molecular weight is 306 g/mol. The number of aliphatic hydroxyl groups is 1. The van der Waals surface area contributed by atoms with E-state index in [9.17, 15) is 9.90 Å². The number of carbonyl (C=O) groups excluding carboxylic acids is 1. The molecule has 3 N–H and O–H groups in total. The Morgan fingerprint density at radius 1 is 1.23 bits per heavy atom. The van der Waals surface area contributed by atoms with E-state index >= 15 is 0 Å². The summed E-state index contributed by atoms with van der Waals surface area (Å²) in [7, 11) is 0. The monoisotopic (exact) mass is 306 g/mol. The number of carbonyl (C=O) groups is 1. The normalized spacial score (nSPS) is 17.5. The fourth-order valence-electron chi connectivity index (χ4n) is 2.37. The van der Waals surface area contributed by atoms with E-state index in [-0.39, 0.29) is 18.2 Å². The molecule has 2 rings (SSSR count). The molecule has 0 aliphatic heterocycles. The number of hydrogen-bond donors (Lipinski definition) is 3. The maximum Gasteiger partial charge on any atom is 0.319 e. The molecule has 22 heavy (non-hydrogen) atoms. The molecule has 1 fully saturated rings. The van der Waals surface area contributed by atoms with E-state index in [0.717, 1.165) is 18.6 Å². The van der Waals surface area contributed by atoms with Crippen molar-refractivity contribution in [2.24, 2.45) is 5.92 Å². The molecule has 1 unspecified atom stereocenters. The maximum atomic E-state index is 12.1. The van der Waals surface area contributed by atoms with E-state index in [0.29, 0.717) is 11.6 Å². The highest BCUT2D eigenvalue weighted by molar-refractivity contribution is 5.89. The minimum Gasteiger partial charge on any atom is -0.488 e. The number of rotatable bonds is 5. The van der Waals surface area contributed by atoms with Crippen LogP contribution in [0, 0.1) is 5.92 Å². The highest BCUT2D eigenvalue weighted by Crippen LogP contribution is 2.39. The van der Waals surface area contributed by atoms with Crippen LogP contribution in [0.2, 0.25) is 0 Å². The highest BCUT2D eigenvalue weighted by atomic mass is 16.5. The van der Waals surface area contributed by atoms with Gasteiger partial charge in [0.1, 0.15) is 11.4 Å². The average Bonchev–Trinajstić information content (AvgIpc) is 3.24. The fraction of sp³-hybridized carbons (Fsp3) is 0.588. The van der Waals surface area contributed by atoms with Gasteiger partial charge in [-0.25, -0.2) is 4.79 Å². The van der Waals surface area contributed by atoms with Gasteiger partial charge in [0.05, 0.1) is 12.1 Å². The zero-order valence-corrected chi connectivity index (χ0v) is 13.8. The van der Waals surface area contributed by atoms with Crippen molar-refractivity contribution in [3.63, 3.8) is 0 Å². The van der Waals surface area contributed by atoms with Crippen molar-refractivity contribution in [1.82, 2.24) is 5.32 Å². The molecule has 1 aromatic rings. The van der Waals surface area contributed by atoms with Gasteiger partial charge in [-0.2, -0.15) is 0 Å². The Morgan fingerprint density at radius 3 is 2.27 bits per heavy atom. The largest absolute Gasteiger partial charge is 0.488 e. The number of nitrogens with one attached hydrogen (secondary N) is 2. The Morgan fingerprint density at radius 2 is 1.82 bits per heavy atom. The van der Waals surface area contributed by atoms with Crippen LogP contribution in [0.3, 0.4) is 0 Å². The van der Waals surface area contributed by atoms with Gasteiger partial charge in [0, 0.05) is 5.69 Å². The molecule has 122 valence electrons. The first-order chi connectivity index (χ1) is 10.2. The van der Waals surface area contributed by atoms with Crippen LogP contribution in [-0.2, 0) is 0 Å². The topological polar surface area (TPSA) is 70.6 Å². The van der Waals surface area contributed by atoms with Crippen molar-refractivity contribution in [2.75, 3.05) is 11.9 Å². The number of anilines is 1. The third-order valence-corrected chi connectivity index (χ3v) is 3.74. The van der Waals surface area contributed by atoms with E-state index in [2.05, 4.69) is 10.6 Å². The van der Waals surface area contributed by atoms with Crippen LogP contribution in [0.5, 0.6) is 5.75 Å². The third kappa shape index (κ3) is 4.63. The molecule has 1 aliphatic carbocycles. The molecule has 0 heterocycles. The smallest absolute Gasteiger partial charge is 0.319 e. The van der Waals surface area contributed by atoms with Crippen molar-refractivity contribution in [1.29, 1.82) is 0 Å². The van der Waals surface area contributed by atoms with E-state index < -0.39 is 5.54 Å². The summed E-state index contributed by atoms with van der Waals surface area (Å²) in [6.07, 6.45) is 2.10. The maximum absolute atomic E-state index is 12.1. The van der Waals surface area contributed by atoms with Crippen molar-refractivity contribution in [2.45, 2.75) is 51.7 Å². The van der Waals surface area contributed by atoms with E-state index in [4.69, 9.17) is 4.74 Å². The Kier molecular flexibility index (Phi) is 4.66. The van der Waals surface area contributed by atoms with Crippen LogP contribution in [0.4, 0.5) is 10.5 Å². The number of benzene rings is 1. The Hall–Kier alpha value is -1.75. The summed E-state index contributed by atoms with van der Waals surface area (Å²) in [6.45, 7) is 7.79. The first-order valence-electron chi connectivity index (χ1n) is 7.71. The molecular formula is C17H26N2O3. The molecule has 5 heteroatoms. The minimum absolute atomic E-state index is 0.0521. The molecule has 2 amide bonds. The third-order valence-electron chi connectivity index (χ3n) is 3.74. The summed E-state index contributed by atoms with van der Waals surface area (Å²) in [4.78, 5) is 12.1. The molecular weight excluding hydrogens is 280 g/mol. The van der Waals surface area contributed by atoms with Gasteiger partial charge in [0.2, 0.25) is 0 Å². The molecule has 0 saturated heterocycles. The molecule has 5 nitrogen and oxygen atoms in total. The van der Waals surface area contributed by atoms with E-state index in [1.165, 1.54) is 0 Å². The van der Waals surface area contributed by atoms with Gasteiger partial charge in [0.25, 0.3) is 0 Å². The van der Waals surface area contributed by atoms with E-state index in [1.807, 2.05) is 39.8 Å². The number of hydrogen-bond acceptors (Lipinski definition) is 3. The van der Waals surface area contributed by atoms with Crippen LogP contribution in [0.25, 0.3) is 0 Å². The van der Waals surface area contributed by atoms with Gasteiger partial charge in [0.15, 0.2) is 0 Å². The second-order valence-electron chi connectivity index (χ2n) is 7.17. The summed E-state index contributed by atoms with van der Waals surface area (Å²) < 4.78 is 5.74. The minimum atomic E-state index is -0.542. The van der Waals surface area contributed by atoms with Gasteiger partial charge in [-0.05, 0) is 70.7 Å². The number of aliphatic hydroxyl groups excluding tert-OH is 1. The molecule has 0 spiro atoms. The first kappa shape index (κ1) is 16.6. The molecule has 1 saturated carbocycles. The molecule has 1 aliphatic rings. The zero-order chi connectivity index (χ0) is 16.4. The van der Waals surface area contributed by atoms with Gasteiger partial charge in [-0.1, -0.05) is 0 Å². The number of ether oxygens (including phenoxy) is 1. The van der Waals surface area contributed by atoms with E-state index in [1.54, 1.807) is 12.1 Å². The summed E-state index contributed by atoms with van der Waals surface area (Å²) in [5.74, 6) is 1.13. The van der Waals surface area contributed by atoms with Crippen molar-refractivity contribution < 1.29 is 14.6 Å². The van der Waals surface area contributed by atoms with Crippen LogP contribution in [0.1, 0.15) is 40.5 Å². The van der Waals surface area contributed by atoms with Crippen molar-refractivity contribution in [3.05, 3.63) is 24.3 Å². The molecule has 1 aromatic carbocycles. The lowest BCUT2D eigenvalue weighted by atomic mass is 9.97. The quantitative estimate of drug-likeness (QED) is 0.782. The first-order valence-corrected chi connectivity index (χ1v) is 7.71. The van der Waals surface area contributed by atoms with Crippen molar-refractivity contribution >= 4 is 11.7 Å². The van der Waals surface area contributed by atoms with Gasteiger partial charge in [-0.3, -0.25) is 0 Å². The predicted octanol–water partition coefficient (Wildman–Crippen LogP) is 3.15. The second-order valence-corrected chi connectivity index (χ2v) is 7.17. The summed E-state index contributed by atoms with van der Waals surface area (Å²) in [5, 5.41) is 15.2. The number of urea groups is 1. The molecule has 0 bridgehead atoms. The molecule has 1 atom stereocenters. The van der Waals surface area contributed by atoms with Crippen LogP contribution < -0.4 is 15.4 Å². The van der Waals surface area contributed by atoms with Crippen LogP contribution in [0.15, 0.2) is 24.3 Å². The Labute approximate surface area is 132 Å². The standard InChI is InChI=1S/C17H26N2O3/c1-16(2,3)22-14-9-7-13(8-10-14)18-15(21)19-17(4,11-20)12-5-6-12/h7-10,12,20H,5-6,11H2,1-4H3,(H2,18,19,21). The fourth-order valence-corrected chi connectivity index (χ4v) is 2.37. The summed E-state index contributed by atoms with van der Waals surface area (Å²) >= 11 is 0. The predicted molar refractivity (Wildman–Crippen MR) is 87.2 cm³/mol. The van der Waals surface area contributed by atoms with Gasteiger partial charge in [-0.15, -0.1) is 0 Å². The molecule has 0 radical (unpaired) electrons. The Balaban J connectivity index is 1.91. The second kappa shape index (κ2) is 6.16. The lowest BCUT2D eigenvalue weighted by Crippen LogP contribution is -2.52. The number of amides is 2. The summed E-state index contributed by atoms with van der Waals surface area (Å²) in [6, 6.07) is 6.95. The van der Waals surface area contributed by atoms with Crippen LogP contribution in [-0.4, -0.2) is 28.9 Å². The summed E-state index contributed by atoms with van der Waals surface area (Å²) in [5.41, 5.74) is -0.103. The SMILES string of the molecule is CC(C)(C)Oc1ccc(NC(=O)NC(C)(CO)C2CC2)cc1. The molecule has 0 aromatic heterocycles. The van der Waals surface area contributed by atoms with Crippen LogP contribution >= 0.6 is 0 Å². The zero-order valence-electron chi connectivity index (χ0n) is 13.8. The lowest BCUT2D eigenvalue weighted by Gasteiger charge is -2.28. The van der Waals surface area contributed by atoms with Gasteiger partial charge < -0.3 is 20.5 Å². The Bertz CT molecular complexity index is 518. The lowest BCUT2D eigenvalue weighted by molar-refractivity contribution is 0.131. The van der Waals surface area contributed by atoms with Gasteiger partial charge >= 0.3 is 6.03 Å². The van der Waals surface area contributed by atoms with Crippen molar-refractivity contribution in [3.8, 4) is 5.75 Å².